The van der Waals surface area contributed by atoms with Gasteiger partial charge in [0.2, 0.25) is 5.91 Å². The molecule has 10 heteroatoms. The van der Waals surface area contributed by atoms with E-state index in [0.717, 1.165) is 12.0 Å². The number of rotatable bonds is 8. The van der Waals surface area contributed by atoms with Gasteiger partial charge < -0.3 is 24.5 Å². The van der Waals surface area contributed by atoms with Crippen LogP contribution in [0.25, 0.3) is 11.1 Å². The van der Waals surface area contributed by atoms with Crippen LogP contribution in [0.5, 0.6) is 0 Å². The minimum absolute atomic E-state index is 0.00117. The number of carboxylic acid groups (broad SMARTS) is 1. The van der Waals surface area contributed by atoms with Gasteiger partial charge >= 0.3 is 5.97 Å². The summed E-state index contributed by atoms with van der Waals surface area (Å²) >= 11 is 0. The number of hydrogen-bond acceptors (Lipinski definition) is 6. The quantitative estimate of drug-likeness (QED) is 0.383. The molecule has 2 N–H and O–H groups in total. The highest BCUT2D eigenvalue weighted by Gasteiger charge is 2.35. The van der Waals surface area contributed by atoms with Gasteiger partial charge in [-0.2, -0.15) is 4.98 Å². The average Bonchev–Trinajstić information content (AvgIpc) is 3.50. The summed E-state index contributed by atoms with van der Waals surface area (Å²) in [7, 11) is 0. The second-order valence-corrected chi connectivity index (χ2v) is 10.9. The van der Waals surface area contributed by atoms with Crippen molar-refractivity contribution in [2.24, 2.45) is 11.8 Å². The van der Waals surface area contributed by atoms with E-state index in [-0.39, 0.29) is 47.6 Å². The standard InChI is InChI=1S/C29H33F2N3O5/c1-16-11-21(15-38-22-8-4-18(5-9-22)28(36)37)34(14-16)25(35)12-19-6-10-23-27(26(19)31)39-29(32-23)33-24-13-20(30)7-3-17(24)2/h3,6-7,10,13,16,18,21-22H,4-5,8-9,11-12,14-15H2,1-2H3,(H,32,33)(H,36,37)/t16-,18?,21-,22?/m0/s1. The number of anilines is 2. The number of carboxylic acids is 1. The van der Waals surface area contributed by atoms with Crippen molar-refractivity contribution in [2.75, 3.05) is 18.5 Å². The van der Waals surface area contributed by atoms with Crippen molar-refractivity contribution >= 4 is 34.7 Å². The molecule has 39 heavy (non-hydrogen) atoms. The number of aliphatic carboxylic acids is 1. The van der Waals surface area contributed by atoms with E-state index < -0.39 is 17.6 Å². The molecule has 8 nitrogen and oxygen atoms in total. The van der Waals surface area contributed by atoms with Crippen molar-refractivity contribution in [1.82, 2.24) is 9.88 Å². The fourth-order valence-electron chi connectivity index (χ4n) is 5.64. The number of carbonyl (C=O) groups is 2. The highest BCUT2D eigenvalue weighted by molar-refractivity contribution is 5.83. The molecule has 0 radical (unpaired) electrons. The summed E-state index contributed by atoms with van der Waals surface area (Å²) in [4.78, 5) is 30.5. The molecule has 1 aliphatic carbocycles. The topological polar surface area (TPSA) is 105 Å². The number of amides is 1. The maximum atomic E-state index is 15.4. The fourth-order valence-corrected chi connectivity index (χ4v) is 5.64. The Morgan fingerprint density at radius 2 is 1.95 bits per heavy atom. The number of hydrogen-bond donors (Lipinski definition) is 2. The van der Waals surface area contributed by atoms with Gasteiger partial charge in [-0.25, -0.2) is 8.78 Å². The van der Waals surface area contributed by atoms with Crippen LogP contribution in [0.15, 0.2) is 34.7 Å². The maximum absolute atomic E-state index is 15.4. The lowest BCUT2D eigenvalue weighted by atomic mass is 9.87. The number of halogens is 2. The smallest absolute Gasteiger partial charge is 0.306 e. The third-order valence-corrected chi connectivity index (χ3v) is 7.85. The minimum Gasteiger partial charge on any atom is -0.481 e. The molecule has 2 atom stereocenters. The normalized spacial score (nSPS) is 23.3. The van der Waals surface area contributed by atoms with E-state index >= 15 is 4.39 Å². The van der Waals surface area contributed by atoms with Crippen molar-refractivity contribution in [2.45, 2.75) is 64.5 Å². The molecule has 2 fully saturated rings. The molecule has 2 aliphatic rings. The number of likely N-dealkylation sites (tertiary alicyclic amines) is 1. The molecule has 1 aromatic heterocycles. The van der Waals surface area contributed by atoms with E-state index in [1.807, 2.05) is 0 Å². The van der Waals surface area contributed by atoms with Gasteiger partial charge in [-0.1, -0.05) is 19.1 Å². The SMILES string of the molecule is Cc1ccc(F)cc1Nc1nc2ccc(CC(=O)N3C[C@@H](C)C[C@H]3COC3CCC(C(=O)O)CC3)c(F)c2o1. The van der Waals surface area contributed by atoms with Crippen LogP contribution in [0.3, 0.4) is 0 Å². The summed E-state index contributed by atoms with van der Waals surface area (Å²) in [6.07, 6.45) is 3.28. The monoisotopic (exact) mass is 541 g/mol. The van der Waals surface area contributed by atoms with Gasteiger partial charge in [0, 0.05) is 17.8 Å². The van der Waals surface area contributed by atoms with E-state index in [2.05, 4.69) is 17.2 Å². The molecule has 1 aliphatic heterocycles. The van der Waals surface area contributed by atoms with Crippen LogP contribution < -0.4 is 5.32 Å². The van der Waals surface area contributed by atoms with Gasteiger partial charge in [0.25, 0.3) is 6.01 Å². The number of fused-ring (bicyclic) bond motifs is 1. The molecule has 208 valence electrons. The first-order valence-electron chi connectivity index (χ1n) is 13.4. The predicted octanol–water partition coefficient (Wildman–Crippen LogP) is 5.60. The zero-order valence-corrected chi connectivity index (χ0v) is 22.1. The number of aromatic nitrogens is 1. The number of aryl methyl sites for hydroxylation is 1. The van der Waals surface area contributed by atoms with E-state index in [0.29, 0.717) is 56.0 Å². The van der Waals surface area contributed by atoms with Gasteiger partial charge in [-0.3, -0.25) is 9.59 Å². The zero-order chi connectivity index (χ0) is 27.7. The number of carbonyl (C=O) groups excluding carboxylic acids is 1. The molecule has 0 bridgehead atoms. The first-order valence-corrected chi connectivity index (χ1v) is 13.4. The highest BCUT2D eigenvalue weighted by Crippen LogP contribution is 2.31. The number of benzene rings is 2. The second kappa shape index (κ2) is 11.3. The van der Waals surface area contributed by atoms with Crippen molar-refractivity contribution in [3.8, 4) is 0 Å². The van der Waals surface area contributed by atoms with Crippen LogP contribution in [-0.2, 0) is 20.7 Å². The molecule has 1 saturated carbocycles. The van der Waals surface area contributed by atoms with Gasteiger partial charge in [0.05, 0.1) is 31.1 Å². The van der Waals surface area contributed by atoms with Crippen molar-refractivity contribution < 1.29 is 32.6 Å². The van der Waals surface area contributed by atoms with E-state index in [1.165, 1.54) is 12.1 Å². The lowest BCUT2D eigenvalue weighted by molar-refractivity contribution is -0.144. The molecule has 5 rings (SSSR count). The molecule has 2 heterocycles. The number of oxazole rings is 1. The highest BCUT2D eigenvalue weighted by atomic mass is 19.1. The van der Waals surface area contributed by atoms with Gasteiger partial charge in [-0.05, 0) is 68.7 Å². The predicted molar refractivity (Wildman–Crippen MR) is 141 cm³/mol. The maximum Gasteiger partial charge on any atom is 0.306 e. The summed E-state index contributed by atoms with van der Waals surface area (Å²) in [5.41, 5.74) is 1.67. The largest absolute Gasteiger partial charge is 0.481 e. The number of ether oxygens (including phenoxy) is 1. The lowest BCUT2D eigenvalue weighted by Gasteiger charge is -2.30. The Bertz CT molecular complexity index is 1370. The Labute approximate surface area is 225 Å². The summed E-state index contributed by atoms with van der Waals surface area (Å²) in [6.45, 7) is 4.84. The van der Waals surface area contributed by atoms with Crippen LogP contribution in [0.4, 0.5) is 20.5 Å². The van der Waals surface area contributed by atoms with Crippen molar-refractivity contribution in [3.63, 3.8) is 0 Å². The van der Waals surface area contributed by atoms with Crippen LogP contribution in [0.1, 0.15) is 50.2 Å². The van der Waals surface area contributed by atoms with E-state index in [9.17, 15) is 19.1 Å². The van der Waals surface area contributed by atoms with Crippen LogP contribution in [-0.4, -0.2) is 52.2 Å². The molecule has 2 aromatic carbocycles. The van der Waals surface area contributed by atoms with Gasteiger partial charge in [-0.15, -0.1) is 0 Å². The molecule has 3 aromatic rings. The minimum atomic E-state index is -0.750. The first kappa shape index (κ1) is 27.1. The third kappa shape index (κ3) is 6.06. The Morgan fingerprint density at radius 1 is 1.18 bits per heavy atom. The van der Waals surface area contributed by atoms with Crippen molar-refractivity contribution in [3.05, 3.63) is 53.1 Å². The Morgan fingerprint density at radius 3 is 2.69 bits per heavy atom. The summed E-state index contributed by atoms with van der Waals surface area (Å²) in [5.74, 6) is -2.01. The summed E-state index contributed by atoms with van der Waals surface area (Å²) < 4.78 is 40.8. The van der Waals surface area contributed by atoms with E-state index in [4.69, 9.17) is 9.15 Å². The zero-order valence-electron chi connectivity index (χ0n) is 22.1. The van der Waals surface area contributed by atoms with E-state index in [1.54, 1.807) is 30.0 Å². The second-order valence-electron chi connectivity index (χ2n) is 10.9. The van der Waals surface area contributed by atoms with Crippen LogP contribution in [0.2, 0.25) is 0 Å². The summed E-state index contributed by atoms with van der Waals surface area (Å²) in [5, 5.41) is 12.1. The Balaban J connectivity index is 1.23. The Hall–Kier alpha value is -3.53. The fraction of sp³-hybridized carbons (Fsp3) is 0.483. The first-order chi connectivity index (χ1) is 18.7. The molecule has 1 amide bonds. The van der Waals surface area contributed by atoms with Crippen molar-refractivity contribution in [1.29, 1.82) is 0 Å². The van der Waals surface area contributed by atoms with Crippen LogP contribution >= 0.6 is 0 Å². The molecule has 0 spiro atoms. The van der Waals surface area contributed by atoms with Gasteiger partial charge in [0.15, 0.2) is 11.4 Å². The van der Waals surface area contributed by atoms with Crippen LogP contribution in [0, 0.1) is 30.4 Å². The number of nitrogens with zero attached hydrogens (tertiary/aromatic N) is 2. The molecular weight excluding hydrogens is 508 g/mol. The van der Waals surface area contributed by atoms with Gasteiger partial charge in [0.1, 0.15) is 11.3 Å². The molecular formula is C29H33F2N3O5. The number of nitrogens with one attached hydrogen (secondary N) is 1. The summed E-state index contributed by atoms with van der Waals surface area (Å²) in [6, 6.07) is 7.35. The third-order valence-electron chi connectivity index (χ3n) is 7.85. The average molecular weight is 542 g/mol. The lowest BCUT2D eigenvalue weighted by Crippen LogP contribution is -2.40. The Kier molecular flexibility index (Phi) is 7.83. The molecule has 0 unspecified atom stereocenters. The molecule has 1 saturated heterocycles.